The van der Waals surface area contributed by atoms with Gasteiger partial charge in [-0.15, -0.1) is 0 Å². The van der Waals surface area contributed by atoms with Crippen LogP contribution < -0.4 is 0 Å². The van der Waals surface area contributed by atoms with Gasteiger partial charge in [0.2, 0.25) is 0 Å². The minimum atomic E-state index is -0.543. The molecule has 0 spiro atoms. The quantitative estimate of drug-likeness (QED) is 0.695. The van der Waals surface area contributed by atoms with Gasteiger partial charge in [-0.05, 0) is 40.5 Å². The van der Waals surface area contributed by atoms with E-state index in [1.807, 2.05) is 0 Å². The summed E-state index contributed by atoms with van der Waals surface area (Å²) in [6.45, 7) is 8.06. The Morgan fingerprint density at radius 3 is 2.53 bits per heavy atom. The Morgan fingerprint density at radius 1 is 1.35 bits per heavy atom. The number of carbonyl (C=O) groups is 2. The number of nitrogens with zero attached hydrogens (tertiary/aromatic N) is 1. The fraction of sp³-hybridized carbons (Fsp3) is 0.833. The van der Waals surface area contributed by atoms with Gasteiger partial charge in [-0.25, -0.2) is 9.59 Å². The number of hydrogen-bond acceptors (Lipinski definition) is 4. The van der Waals surface area contributed by atoms with Gasteiger partial charge in [0.25, 0.3) is 0 Å². The molecule has 1 aliphatic heterocycles. The van der Waals surface area contributed by atoms with Crippen LogP contribution in [-0.2, 0) is 14.3 Å². The van der Waals surface area contributed by atoms with Crippen molar-refractivity contribution in [1.82, 2.24) is 4.90 Å². The van der Waals surface area contributed by atoms with Crippen molar-refractivity contribution in [2.24, 2.45) is 0 Å². The van der Waals surface area contributed by atoms with Crippen molar-refractivity contribution in [1.29, 1.82) is 0 Å². The first-order valence-electron chi connectivity index (χ1n) is 6.01. The highest BCUT2D eigenvalue weighted by Crippen LogP contribution is 2.21. The smallest absolute Gasteiger partial charge is 0.411 e. The Bertz CT molecular complexity index is 295. The molecule has 0 aromatic carbocycles. The van der Waals surface area contributed by atoms with Crippen LogP contribution in [0.3, 0.4) is 0 Å². The number of hydrogen-bond donors (Lipinski definition) is 0. The van der Waals surface area contributed by atoms with Gasteiger partial charge in [0.05, 0.1) is 6.61 Å². The van der Waals surface area contributed by atoms with Crippen molar-refractivity contribution in [2.75, 3.05) is 13.2 Å². The van der Waals surface area contributed by atoms with Crippen molar-refractivity contribution in [3.05, 3.63) is 0 Å². The molecule has 0 N–H and O–H groups in total. The van der Waals surface area contributed by atoms with Gasteiger partial charge in [0.1, 0.15) is 11.6 Å². The molecular formula is C12H21NO4. The van der Waals surface area contributed by atoms with Crippen molar-refractivity contribution in [3.63, 3.8) is 0 Å². The number of esters is 1. The van der Waals surface area contributed by atoms with Crippen LogP contribution in [0.2, 0.25) is 0 Å². The van der Waals surface area contributed by atoms with Crippen LogP contribution in [0.1, 0.15) is 40.5 Å². The van der Waals surface area contributed by atoms with Gasteiger partial charge in [0, 0.05) is 6.54 Å². The molecule has 1 aliphatic rings. The summed E-state index contributed by atoms with van der Waals surface area (Å²) in [5.74, 6) is -0.337. The monoisotopic (exact) mass is 243 g/mol. The van der Waals surface area contributed by atoms with Crippen LogP contribution in [0.4, 0.5) is 4.79 Å². The summed E-state index contributed by atoms with van der Waals surface area (Å²) in [6.07, 6.45) is 1.02. The maximum atomic E-state index is 11.9. The molecule has 0 aromatic rings. The molecule has 17 heavy (non-hydrogen) atoms. The van der Waals surface area contributed by atoms with Crippen molar-refractivity contribution >= 4 is 12.1 Å². The average molecular weight is 243 g/mol. The molecule has 1 unspecified atom stereocenters. The average Bonchev–Trinajstić information content (AvgIpc) is 2.63. The van der Waals surface area contributed by atoms with E-state index >= 15 is 0 Å². The zero-order chi connectivity index (χ0) is 13.1. The zero-order valence-electron chi connectivity index (χ0n) is 11.0. The van der Waals surface area contributed by atoms with E-state index in [1.54, 1.807) is 27.7 Å². The molecule has 1 rings (SSSR count). The number of amides is 1. The number of carbonyl (C=O) groups excluding carboxylic acids is 2. The third-order valence-electron chi connectivity index (χ3n) is 2.44. The van der Waals surface area contributed by atoms with Crippen molar-refractivity contribution < 1.29 is 19.1 Å². The second kappa shape index (κ2) is 5.38. The van der Waals surface area contributed by atoms with E-state index in [0.717, 1.165) is 6.42 Å². The summed E-state index contributed by atoms with van der Waals surface area (Å²) in [7, 11) is 0. The lowest BCUT2D eigenvalue weighted by atomic mass is 10.2. The molecule has 5 nitrogen and oxygen atoms in total. The van der Waals surface area contributed by atoms with Gasteiger partial charge >= 0.3 is 12.1 Å². The Kier molecular flexibility index (Phi) is 4.37. The minimum Gasteiger partial charge on any atom is -0.464 e. The highest BCUT2D eigenvalue weighted by atomic mass is 16.6. The summed E-state index contributed by atoms with van der Waals surface area (Å²) in [5, 5.41) is 0. The van der Waals surface area contributed by atoms with Crippen LogP contribution in [0.25, 0.3) is 0 Å². The summed E-state index contributed by atoms with van der Waals surface area (Å²) < 4.78 is 10.2. The predicted molar refractivity (Wildman–Crippen MR) is 62.6 cm³/mol. The largest absolute Gasteiger partial charge is 0.464 e. The molecule has 5 heteroatoms. The first kappa shape index (κ1) is 13.8. The Balaban J connectivity index is 2.63. The lowest BCUT2D eigenvalue weighted by molar-refractivity contribution is -0.148. The first-order valence-corrected chi connectivity index (χ1v) is 6.01. The van der Waals surface area contributed by atoms with Crippen LogP contribution in [-0.4, -0.2) is 41.8 Å². The van der Waals surface area contributed by atoms with E-state index in [9.17, 15) is 9.59 Å². The SMILES string of the molecule is CCOC(=O)C1CCCN1C(=O)OC(C)(C)C. The molecule has 0 aromatic heterocycles. The lowest BCUT2D eigenvalue weighted by Crippen LogP contribution is -2.44. The number of likely N-dealkylation sites (tertiary alicyclic amines) is 1. The molecule has 0 aliphatic carbocycles. The van der Waals surface area contributed by atoms with E-state index in [1.165, 1.54) is 4.90 Å². The third-order valence-corrected chi connectivity index (χ3v) is 2.44. The number of ether oxygens (including phenoxy) is 2. The second-order valence-corrected chi connectivity index (χ2v) is 5.08. The van der Waals surface area contributed by atoms with Gasteiger partial charge in [0.15, 0.2) is 0 Å². The maximum absolute atomic E-state index is 11.9. The molecule has 1 atom stereocenters. The van der Waals surface area contributed by atoms with Gasteiger partial charge < -0.3 is 9.47 Å². The van der Waals surface area contributed by atoms with E-state index in [0.29, 0.717) is 19.6 Å². The van der Waals surface area contributed by atoms with E-state index in [-0.39, 0.29) is 5.97 Å². The first-order chi connectivity index (χ1) is 7.85. The van der Waals surface area contributed by atoms with Gasteiger partial charge in [-0.2, -0.15) is 0 Å². The Hall–Kier alpha value is -1.26. The Labute approximate surface area is 102 Å². The Morgan fingerprint density at radius 2 is 2.00 bits per heavy atom. The highest BCUT2D eigenvalue weighted by Gasteiger charge is 2.37. The van der Waals surface area contributed by atoms with Crippen molar-refractivity contribution in [2.45, 2.75) is 52.2 Å². The molecule has 98 valence electrons. The number of rotatable bonds is 2. The van der Waals surface area contributed by atoms with E-state index in [4.69, 9.17) is 9.47 Å². The van der Waals surface area contributed by atoms with Crippen LogP contribution in [0.5, 0.6) is 0 Å². The third kappa shape index (κ3) is 3.91. The van der Waals surface area contributed by atoms with Crippen LogP contribution in [0.15, 0.2) is 0 Å². The molecule has 0 radical (unpaired) electrons. The standard InChI is InChI=1S/C12H21NO4/c1-5-16-10(14)9-7-6-8-13(9)11(15)17-12(2,3)4/h9H,5-8H2,1-4H3. The van der Waals surface area contributed by atoms with Crippen LogP contribution >= 0.6 is 0 Å². The molecule has 1 fully saturated rings. The lowest BCUT2D eigenvalue weighted by Gasteiger charge is -2.27. The van der Waals surface area contributed by atoms with Gasteiger partial charge in [-0.1, -0.05) is 0 Å². The van der Waals surface area contributed by atoms with Crippen LogP contribution in [0, 0.1) is 0 Å². The normalized spacial score (nSPS) is 20.2. The fourth-order valence-corrected chi connectivity index (χ4v) is 1.79. The molecule has 1 saturated heterocycles. The molecule has 0 saturated carbocycles. The summed E-state index contributed by atoms with van der Waals surface area (Å²) >= 11 is 0. The maximum Gasteiger partial charge on any atom is 0.411 e. The van der Waals surface area contributed by atoms with E-state index in [2.05, 4.69) is 0 Å². The summed E-state index contributed by atoms with van der Waals surface area (Å²) in [4.78, 5) is 25.0. The van der Waals surface area contributed by atoms with E-state index < -0.39 is 17.7 Å². The molecule has 1 amide bonds. The highest BCUT2D eigenvalue weighted by molar-refractivity contribution is 5.82. The predicted octanol–water partition coefficient (Wildman–Crippen LogP) is 1.95. The zero-order valence-corrected chi connectivity index (χ0v) is 11.0. The summed E-state index contributed by atoms with van der Waals surface area (Å²) in [6, 6.07) is -0.482. The minimum absolute atomic E-state index is 0.331. The van der Waals surface area contributed by atoms with Crippen molar-refractivity contribution in [3.8, 4) is 0 Å². The molecular weight excluding hydrogens is 222 g/mol. The van der Waals surface area contributed by atoms with Gasteiger partial charge in [-0.3, -0.25) is 4.90 Å². The topological polar surface area (TPSA) is 55.8 Å². The molecule has 1 heterocycles. The summed E-state index contributed by atoms with van der Waals surface area (Å²) in [5.41, 5.74) is -0.543. The second-order valence-electron chi connectivity index (χ2n) is 5.08. The molecule has 0 bridgehead atoms. The fourth-order valence-electron chi connectivity index (χ4n) is 1.79.